The molecule has 0 unspecified atom stereocenters. The number of carbonyl (C=O) groups is 1. The third-order valence-electron chi connectivity index (χ3n) is 2.44. The molecule has 0 aliphatic rings. The van der Waals surface area contributed by atoms with Crippen LogP contribution in [0.4, 0.5) is 11.5 Å². The zero-order valence-electron chi connectivity index (χ0n) is 11.2. The number of aromatic nitrogens is 2. The van der Waals surface area contributed by atoms with Crippen molar-refractivity contribution in [1.29, 1.82) is 0 Å². The Labute approximate surface area is 122 Å². The van der Waals surface area contributed by atoms with Crippen LogP contribution in [0.2, 0.25) is 5.02 Å². The van der Waals surface area contributed by atoms with Crippen molar-refractivity contribution in [2.45, 2.75) is 19.9 Å². The molecule has 1 aromatic heterocycles. The molecule has 2 N–H and O–H groups in total. The average Bonchev–Trinajstić information content (AvgIpc) is 2.41. The van der Waals surface area contributed by atoms with E-state index in [2.05, 4.69) is 20.6 Å². The van der Waals surface area contributed by atoms with Crippen LogP contribution in [0.3, 0.4) is 0 Å². The van der Waals surface area contributed by atoms with Crippen molar-refractivity contribution in [3.05, 3.63) is 47.4 Å². The molecule has 0 aliphatic carbocycles. The number of nitrogens with one attached hydrogen (secondary N) is 2. The number of nitrogens with zero attached hydrogens (tertiary/aromatic N) is 2. The molecule has 5 nitrogen and oxygen atoms in total. The van der Waals surface area contributed by atoms with Gasteiger partial charge in [0.05, 0.1) is 23.1 Å². The highest BCUT2D eigenvalue weighted by Crippen LogP contribution is 2.23. The van der Waals surface area contributed by atoms with Gasteiger partial charge in [-0.05, 0) is 26.0 Å². The fraction of sp³-hybridized carbons (Fsp3) is 0.214. The van der Waals surface area contributed by atoms with Gasteiger partial charge in [0.25, 0.3) is 5.91 Å². The van der Waals surface area contributed by atoms with E-state index < -0.39 is 0 Å². The SMILES string of the molecule is CC(C)NC(=O)c1cnc(Nc2ccccc2Cl)cn1. The molecule has 0 aliphatic heterocycles. The second-order valence-corrected chi connectivity index (χ2v) is 4.93. The Kier molecular flexibility index (Phi) is 4.53. The molecule has 6 heteroatoms. The standard InChI is InChI=1S/C14H15ClN4O/c1-9(2)18-14(20)12-7-17-13(8-16-12)19-11-6-4-3-5-10(11)15/h3-9H,1-2H3,(H,17,19)(H,18,20). The average molecular weight is 291 g/mol. The van der Waals surface area contributed by atoms with Crippen molar-refractivity contribution in [2.75, 3.05) is 5.32 Å². The normalized spacial score (nSPS) is 10.4. The van der Waals surface area contributed by atoms with Crippen molar-refractivity contribution in [1.82, 2.24) is 15.3 Å². The molecule has 20 heavy (non-hydrogen) atoms. The van der Waals surface area contributed by atoms with E-state index in [4.69, 9.17) is 11.6 Å². The number of hydrogen-bond acceptors (Lipinski definition) is 4. The molecule has 0 bridgehead atoms. The predicted molar refractivity (Wildman–Crippen MR) is 79.4 cm³/mol. The van der Waals surface area contributed by atoms with Gasteiger partial charge < -0.3 is 10.6 Å². The van der Waals surface area contributed by atoms with E-state index >= 15 is 0 Å². The lowest BCUT2D eigenvalue weighted by molar-refractivity contribution is 0.0937. The Morgan fingerprint density at radius 2 is 1.95 bits per heavy atom. The molecule has 1 aromatic carbocycles. The van der Waals surface area contributed by atoms with Gasteiger partial charge in [-0.3, -0.25) is 4.79 Å². The number of para-hydroxylation sites is 1. The van der Waals surface area contributed by atoms with Crippen molar-refractivity contribution < 1.29 is 4.79 Å². The molecular formula is C14H15ClN4O. The zero-order chi connectivity index (χ0) is 14.5. The Morgan fingerprint density at radius 3 is 2.55 bits per heavy atom. The van der Waals surface area contributed by atoms with E-state index in [1.165, 1.54) is 12.4 Å². The summed E-state index contributed by atoms with van der Waals surface area (Å²) >= 11 is 6.04. The summed E-state index contributed by atoms with van der Waals surface area (Å²) < 4.78 is 0. The van der Waals surface area contributed by atoms with E-state index in [1.54, 1.807) is 6.07 Å². The molecule has 1 heterocycles. The molecule has 0 saturated carbocycles. The first kappa shape index (κ1) is 14.3. The van der Waals surface area contributed by atoms with Crippen LogP contribution in [0.5, 0.6) is 0 Å². The van der Waals surface area contributed by atoms with E-state index in [-0.39, 0.29) is 17.6 Å². The van der Waals surface area contributed by atoms with Gasteiger partial charge in [-0.2, -0.15) is 0 Å². The summed E-state index contributed by atoms with van der Waals surface area (Å²) in [7, 11) is 0. The van der Waals surface area contributed by atoms with Crippen molar-refractivity contribution >= 4 is 29.0 Å². The number of amides is 1. The summed E-state index contributed by atoms with van der Waals surface area (Å²) in [6.07, 6.45) is 2.93. The predicted octanol–water partition coefficient (Wildman–Crippen LogP) is 3.01. The van der Waals surface area contributed by atoms with E-state index in [9.17, 15) is 4.79 Å². The third-order valence-corrected chi connectivity index (χ3v) is 2.77. The van der Waals surface area contributed by atoms with Gasteiger partial charge in [-0.15, -0.1) is 0 Å². The number of anilines is 2. The van der Waals surface area contributed by atoms with Gasteiger partial charge in [0, 0.05) is 6.04 Å². The molecule has 104 valence electrons. The van der Waals surface area contributed by atoms with Gasteiger partial charge in [0.15, 0.2) is 0 Å². The zero-order valence-corrected chi connectivity index (χ0v) is 12.0. The van der Waals surface area contributed by atoms with Crippen molar-refractivity contribution in [3.63, 3.8) is 0 Å². The minimum Gasteiger partial charge on any atom is -0.348 e. The summed E-state index contributed by atoms with van der Waals surface area (Å²) in [6, 6.07) is 7.39. The lowest BCUT2D eigenvalue weighted by Gasteiger charge is -2.09. The van der Waals surface area contributed by atoms with Crippen LogP contribution >= 0.6 is 11.6 Å². The second kappa shape index (κ2) is 6.34. The molecule has 0 radical (unpaired) electrons. The topological polar surface area (TPSA) is 66.9 Å². The van der Waals surface area contributed by atoms with E-state index in [0.29, 0.717) is 10.8 Å². The molecule has 0 fully saturated rings. The molecule has 0 spiro atoms. The Hall–Kier alpha value is -2.14. The smallest absolute Gasteiger partial charge is 0.271 e. The van der Waals surface area contributed by atoms with Gasteiger partial charge in [0.1, 0.15) is 11.5 Å². The minimum absolute atomic E-state index is 0.0604. The number of rotatable bonds is 4. The van der Waals surface area contributed by atoms with Crippen LogP contribution in [0.15, 0.2) is 36.7 Å². The number of benzene rings is 1. The van der Waals surface area contributed by atoms with Crippen LogP contribution in [0.1, 0.15) is 24.3 Å². The summed E-state index contributed by atoms with van der Waals surface area (Å²) in [5.74, 6) is 0.288. The fourth-order valence-electron chi connectivity index (χ4n) is 1.55. The maximum Gasteiger partial charge on any atom is 0.271 e. The largest absolute Gasteiger partial charge is 0.348 e. The Bertz CT molecular complexity index is 598. The highest BCUT2D eigenvalue weighted by molar-refractivity contribution is 6.33. The molecular weight excluding hydrogens is 276 g/mol. The number of carbonyl (C=O) groups excluding carboxylic acids is 1. The summed E-state index contributed by atoms with van der Waals surface area (Å²) in [4.78, 5) is 20.0. The first-order valence-electron chi connectivity index (χ1n) is 6.20. The lowest BCUT2D eigenvalue weighted by Crippen LogP contribution is -2.30. The molecule has 1 amide bonds. The van der Waals surface area contributed by atoms with Crippen LogP contribution in [-0.2, 0) is 0 Å². The highest BCUT2D eigenvalue weighted by atomic mass is 35.5. The Morgan fingerprint density at radius 1 is 1.20 bits per heavy atom. The first-order valence-corrected chi connectivity index (χ1v) is 6.58. The van der Waals surface area contributed by atoms with Crippen molar-refractivity contribution in [2.24, 2.45) is 0 Å². The lowest BCUT2D eigenvalue weighted by atomic mass is 10.3. The highest BCUT2D eigenvalue weighted by Gasteiger charge is 2.09. The summed E-state index contributed by atoms with van der Waals surface area (Å²) in [6.45, 7) is 3.78. The fourth-order valence-corrected chi connectivity index (χ4v) is 1.73. The van der Waals surface area contributed by atoms with Crippen LogP contribution in [0.25, 0.3) is 0 Å². The molecule has 2 aromatic rings. The summed E-state index contributed by atoms with van der Waals surface area (Å²) in [5.41, 5.74) is 1.02. The second-order valence-electron chi connectivity index (χ2n) is 4.52. The van der Waals surface area contributed by atoms with Crippen LogP contribution in [-0.4, -0.2) is 21.9 Å². The molecule has 0 atom stereocenters. The molecule has 2 rings (SSSR count). The van der Waals surface area contributed by atoms with Gasteiger partial charge in [0.2, 0.25) is 0 Å². The molecule has 0 saturated heterocycles. The van der Waals surface area contributed by atoms with Crippen LogP contribution < -0.4 is 10.6 Å². The first-order chi connectivity index (χ1) is 9.56. The maximum absolute atomic E-state index is 11.7. The maximum atomic E-state index is 11.7. The quantitative estimate of drug-likeness (QED) is 0.908. The summed E-state index contributed by atoms with van der Waals surface area (Å²) in [5, 5.41) is 6.39. The number of hydrogen-bond donors (Lipinski definition) is 2. The van der Waals surface area contributed by atoms with Crippen molar-refractivity contribution in [3.8, 4) is 0 Å². The van der Waals surface area contributed by atoms with Gasteiger partial charge in [-0.1, -0.05) is 23.7 Å². The van der Waals surface area contributed by atoms with E-state index in [1.807, 2.05) is 32.0 Å². The minimum atomic E-state index is -0.239. The third kappa shape index (κ3) is 3.68. The van der Waals surface area contributed by atoms with Gasteiger partial charge >= 0.3 is 0 Å². The Balaban J connectivity index is 2.09. The van der Waals surface area contributed by atoms with E-state index in [0.717, 1.165) is 5.69 Å². The monoisotopic (exact) mass is 290 g/mol. The number of halogens is 1. The van der Waals surface area contributed by atoms with Gasteiger partial charge in [-0.25, -0.2) is 9.97 Å². The van der Waals surface area contributed by atoms with Crippen LogP contribution in [0, 0.1) is 0 Å².